The van der Waals surface area contributed by atoms with Crippen LogP contribution in [0.1, 0.15) is 36.3 Å². The Hall–Kier alpha value is -1.60. The lowest BCUT2D eigenvalue weighted by molar-refractivity contribution is 0.420. The second-order valence-corrected chi connectivity index (χ2v) is 5.48. The predicted molar refractivity (Wildman–Crippen MR) is 81.2 cm³/mol. The van der Waals surface area contributed by atoms with Crippen molar-refractivity contribution in [2.45, 2.75) is 31.7 Å². The number of benzene rings is 2. The molecule has 2 aromatic rings. The van der Waals surface area contributed by atoms with E-state index in [0.717, 1.165) is 12.5 Å². The van der Waals surface area contributed by atoms with Crippen molar-refractivity contribution in [3.05, 3.63) is 59.7 Å². The molecular formula is C18H21N. The highest BCUT2D eigenvalue weighted by Crippen LogP contribution is 2.36. The molecule has 0 bridgehead atoms. The third kappa shape index (κ3) is 2.71. The van der Waals surface area contributed by atoms with Crippen LogP contribution in [0, 0.1) is 0 Å². The van der Waals surface area contributed by atoms with Gasteiger partial charge in [0.2, 0.25) is 0 Å². The molecule has 0 amide bonds. The maximum Gasteiger partial charge on any atom is 0.0202 e. The van der Waals surface area contributed by atoms with Crippen molar-refractivity contribution in [2.24, 2.45) is 0 Å². The molecule has 0 aliphatic heterocycles. The van der Waals surface area contributed by atoms with E-state index in [9.17, 15) is 0 Å². The lowest BCUT2D eigenvalue weighted by Gasteiger charge is -2.25. The smallest absolute Gasteiger partial charge is 0.0202 e. The topological polar surface area (TPSA) is 12.0 Å². The highest BCUT2D eigenvalue weighted by Gasteiger charge is 2.18. The summed E-state index contributed by atoms with van der Waals surface area (Å²) < 4.78 is 0. The molecule has 0 radical (unpaired) electrons. The second kappa shape index (κ2) is 5.58. The molecule has 0 atom stereocenters. The van der Waals surface area contributed by atoms with Crippen molar-refractivity contribution < 1.29 is 0 Å². The fourth-order valence-corrected chi connectivity index (χ4v) is 2.71. The summed E-state index contributed by atoms with van der Waals surface area (Å²) >= 11 is 0. The lowest BCUT2D eigenvalue weighted by atomic mass is 9.80. The first-order chi connectivity index (χ1) is 9.36. The minimum absolute atomic E-state index is 0.826. The van der Waals surface area contributed by atoms with E-state index in [1.165, 1.54) is 41.5 Å². The molecule has 3 rings (SSSR count). The standard InChI is InChI=1S/C18H21N/c1-19-13-14-5-7-16(8-6-14)18-11-9-17(10-12-18)15-3-2-4-15/h5-12,15,19H,2-4,13H2,1H3. The van der Waals surface area contributed by atoms with E-state index in [0.29, 0.717) is 0 Å². The highest BCUT2D eigenvalue weighted by atomic mass is 14.8. The van der Waals surface area contributed by atoms with Crippen LogP contribution in [-0.2, 0) is 6.54 Å². The van der Waals surface area contributed by atoms with Crippen LogP contribution < -0.4 is 5.32 Å². The molecule has 1 saturated carbocycles. The lowest BCUT2D eigenvalue weighted by Crippen LogP contribution is -2.08. The molecular weight excluding hydrogens is 230 g/mol. The zero-order valence-corrected chi connectivity index (χ0v) is 11.5. The van der Waals surface area contributed by atoms with Crippen molar-refractivity contribution in [3.8, 4) is 11.1 Å². The monoisotopic (exact) mass is 251 g/mol. The Morgan fingerprint density at radius 1 is 0.895 bits per heavy atom. The first kappa shape index (κ1) is 12.4. The summed E-state index contributed by atoms with van der Waals surface area (Å²) in [5.41, 5.74) is 5.47. The van der Waals surface area contributed by atoms with Gasteiger partial charge >= 0.3 is 0 Å². The molecule has 1 heteroatoms. The van der Waals surface area contributed by atoms with Gasteiger partial charge in [-0.15, -0.1) is 0 Å². The molecule has 0 unspecified atom stereocenters. The van der Waals surface area contributed by atoms with E-state index in [-0.39, 0.29) is 0 Å². The third-order valence-electron chi connectivity index (χ3n) is 4.16. The van der Waals surface area contributed by atoms with E-state index >= 15 is 0 Å². The Morgan fingerprint density at radius 2 is 1.47 bits per heavy atom. The van der Waals surface area contributed by atoms with Gasteiger partial charge in [0.1, 0.15) is 0 Å². The first-order valence-electron chi connectivity index (χ1n) is 7.21. The van der Waals surface area contributed by atoms with Crippen molar-refractivity contribution in [1.82, 2.24) is 5.32 Å². The van der Waals surface area contributed by atoms with Crippen LogP contribution in [0.2, 0.25) is 0 Å². The zero-order chi connectivity index (χ0) is 13.1. The molecule has 1 aliphatic rings. The minimum Gasteiger partial charge on any atom is -0.316 e. The van der Waals surface area contributed by atoms with Crippen LogP contribution in [-0.4, -0.2) is 7.05 Å². The van der Waals surface area contributed by atoms with Crippen LogP contribution in [0.5, 0.6) is 0 Å². The Balaban J connectivity index is 1.77. The van der Waals surface area contributed by atoms with Crippen molar-refractivity contribution >= 4 is 0 Å². The van der Waals surface area contributed by atoms with Gasteiger partial charge in [0.05, 0.1) is 0 Å². The largest absolute Gasteiger partial charge is 0.316 e. The van der Waals surface area contributed by atoms with Gasteiger partial charge < -0.3 is 5.32 Å². The molecule has 0 saturated heterocycles. The molecule has 98 valence electrons. The van der Waals surface area contributed by atoms with Gasteiger partial charge in [-0.25, -0.2) is 0 Å². The minimum atomic E-state index is 0.826. The Kier molecular flexibility index (Phi) is 3.65. The molecule has 1 aliphatic carbocycles. The number of rotatable bonds is 4. The number of hydrogen-bond acceptors (Lipinski definition) is 1. The average molecular weight is 251 g/mol. The van der Waals surface area contributed by atoms with Gasteiger partial charge in [-0.05, 0) is 48.1 Å². The SMILES string of the molecule is CNCc1ccc(-c2ccc(C3CCC3)cc2)cc1. The van der Waals surface area contributed by atoms with Crippen LogP contribution in [0.25, 0.3) is 11.1 Å². The quantitative estimate of drug-likeness (QED) is 0.852. The van der Waals surface area contributed by atoms with Gasteiger partial charge in [-0.3, -0.25) is 0 Å². The molecule has 1 nitrogen and oxygen atoms in total. The van der Waals surface area contributed by atoms with Gasteiger partial charge in [0.15, 0.2) is 0 Å². The summed E-state index contributed by atoms with van der Waals surface area (Å²) in [5.74, 6) is 0.826. The fraction of sp³-hybridized carbons (Fsp3) is 0.333. The summed E-state index contributed by atoms with van der Waals surface area (Å²) in [6.07, 6.45) is 4.15. The summed E-state index contributed by atoms with van der Waals surface area (Å²) in [4.78, 5) is 0. The maximum absolute atomic E-state index is 3.18. The molecule has 0 aromatic heterocycles. The molecule has 0 spiro atoms. The van der Waals surface area contributed by atoms with Crippen molar-refractivity contribution in [3.63, 3.8) is 0 Å². The zero-order valence-electron chi connectivity index (χ0n) is 11.5. The van der Waals surface area contributed by atoms with Gasteiger partial charge in [-0.1, -0.05) is 55.0 Å². The summed E-state index contributed by atoms with van der Waals surface area (Å²) in [7, 11) is 1.98. The Labute approximate surface area is 115 Å². The highest BCUT2D eigenvalue weighted by molar-refractivity contribution is 5.64. The second-order valence-electron chi connectivity index (χ2n) is 5.48. The third-order valence-corrected chi connectivity index (χ3v) is 4.16. The number of hydrogen-bond donors (Lipinski definition) is 1. The molecule has 19 heavy (non-hydrogen) atoms. The average Bonchev–Trinajstić information content (AvgIpc) is 2.39. The van der Waals surface area contributed by atoms with E-state index in [4.69, 9.17) is 0 Å². The maximum atomic E-state index is 3.18. The van der Waals surface area contributed by atoms with Gasteiger partial charge in [-0.2, -0.15) is 0 Å². The van der Waals surface area contributed by atoms with E-state index < -0.39 is 0 Å². The van der Waals surface area contributed by atoms with Crippen molar-refractivity contribution in [1.29, 1.82) is 0 Å². The van der Waals surface area contributed by atoms with Crippen LogP contribution >= 0.6 is 0 Å². The summed E-state index contributed by atoms with van der Waals surface area (Å²) in [6.45, 7) is 0.931. The fourth-order valence-electron chi connectivity index (χ4n) is 2.71. The molecule has 1 N–H and O–H groups in total. The summed E-state index contributed by atoms with van der Waals surface area (Å²) in [6, 6.07) is 18.0. The van der Waals surface area contributed by atoms with Crippen LogP contribution in [0.4, 0.5) is 0 Å². The molecule has 0 heterocycles. The normalized spacial score (nSPS) is 15.2. The Morgan fingerprint density at radius 3 is 1.95 bits per heavy atom. The van der Waals surface area contributed by atoms with E-state index in [1.807, 2.05) is 7.05 Å². The van der Waals surface area contributed by atoms with Gasteiger partial charge in [0.25, 0.3) is 0 Å². The van der Waals surface area contributed by atoms with Crippen molar-refractivity contribution in [2.75, 3.05) is 7.05 Å². The summed E-state index contributed by atoms with van der Waals surface area (Å²) in [5, 5.41) is 3.18. The predicted octanol–water partition coefficient (Wildman–Crippen LogP) is 4.34. The Bertz CT molecular complexity index is 521. The molecule has 1 fully saturated rings. The van der Waals surface area contributed by atoms with E-state index in [1.54, 1.807) is 0 Å². The van der Waals surface area contributed by atoms with E-state index in [2.05, 4.69) is 53.8 Å². The van der Waals surface area contributed by atoms with Crippen LogP contribution in [0.15, 0.2) is 48.5 Å². The number of nitrogens with one attached hydrogen (secondary N) is 1. The molecule has 2 aromatic carbocycles. The van der Waals surface area contributed by atoms with Gasteiger partial charge in [0, 0.05) is 6.54 Å². The first-order valence-corrected chi connectivity index (χ1v) is 7.21. The van der Waals surface area contributed by atoms with Crippen LogP contribution in [0.3, 0.4) is 0 Å².